The molecule has 3 N–H and O–H groups in total. The number of aliphatic carboxylic acids is 1. The van der Waals surface area contributed by atoms with Crippen molar-refractivity contribution in [1.29, 1.82) is 0 Å². The number of rotatable bonds is 5. The minimum absolute atomic E-state index is 0.0104. The fraction of sp³-hybridized carbons (Fsp3) is 0.125. The standard InChI is InChI=1S/C16H15NO4/c18-14-8-4-2-6-12(14)16(21)17-13-7-3-1-5-11(13)9-10-15(19)20/h1-8,18H,9-10H2,(H,17,21)(H,19,20). The van der Waals surface area contributed by atoms with Gasteiger partial charge in [-0.3, -0.25) is 9.59 Å². The highest BCUT2D eigenvalue weighted by molar-refractivity contribution is 6.06. The van der Waals surface area contributed by atoms with Crippen LogP contribution in [-0.2, 0) is 11.2 Å². The van der Waals surface area contributed by atoms with Crippen molar-refractivity contribution in [3.8, 4) is 5.75 Å². The highest BCUT2D eigenvalue weighted by Crippen LogP contribution is 2.21. The number of phenolic OH excluding ortho intramolecular Hbond substituents is 1. The van der Waals surface area contributed by atoms with Crippen molar-refractivity contribution in [2.45, 2.75) is 12.8 Å². The van der Waals surface area contributed by atoms with E-state index in [0.29, 0.717) is 12.1 Å². The molecule has 0 saturated heterocycles. The maximum Gasteiger partial charge on any atom is 0.303 e. The quantitative estimate of drug-likeness (QED) is 0.788. The first kappa shape index (κ1) is 14.6. The Hall–Kier alpha value is -2.82. The number of amides is 1. The van der Waals surface area contributed by atoms with Crippen molar-refractivity contribution >= 4 is 17.6 Å². The fourth-order valence-corrected chi connectivity index (χ4v) is 1.96. The molecule has 108 valence electrons. The summed E-state index contributed by atoms with van der Waals surface area (Å²) in [6.07, 6.45) is 0.316. The van der Waals surface area contributed by atoms with Crippen LogP contribution < -0.4 is 5.32 Å². The zero-order chi connectivity index (χ0) is 15.2. The molecule has 0 fully saturated rings. The molecule has 0 aliphatic carbocycles. The number of benzene rings is 2. The Labute approximate surface area is 121 Å². The normalized spacial score (nSPS) is 10.1. The van der Waals surface area contributed by atoms with E-state index in [4.69, 9.17) is 5.11 Å². The van der Waals surface area contributed by atoms with Gasteiger partial charge in [0, 0.05) is 12.1 Å². The Balaban J connectivity index is 2.18. The first-order valence-electron chi connectivity index (χ1n) is 6.47. The number of para-hydroxylation sites is 2. The molecular formula is C16H15NO4. The van der Waals surface area contributed by atoms with Gasteiger partial charge in [0.25, 0.3) is 5.91 Å². The number of aromatic hydroxyl groups is 1. The maximum absolute atomic E-state index is 12.1. The molecular weight excluding hydrogens is 270 g/mol. The van der Waals surface area contributed by atoms with Crippen LogP contribution in [0.4, 0.5) is 5.69 Å². The molecule has 2 aromatic carbocycles. The van der Waals surface area contributed by atoms with Crippen molar-refractivity contribution in [2.75, 3.05) is 5.32 Å². The highest BCUT2D eigenvalue weighted by atomic mass is 16.4. The molecule has 0 atom stereocenters. The predicted octanol–water partition coefficient (Wildman–Crippen LogP) is 2.66. The number of phenols is 1. The van der Waals surface area contributed by atoms with Crippen molar-refractivity contribution < 1.29 is 19.8 Å². The smallest absolute Gasteiger partial charge is 0.303 e. The van der Waals surface area contributed by atoms with E-state index in [1.165, 1.54) is 12.1 Å². The molecule has 0 radical (unpaired) electrons. The van der Waals surface area contributed by atoms with E-state index >= 15 is 0 Å². The van der Waals surface area contributed by atoms with E-state index < -0.39 is 11.9 Å². The lowest BCUT2D eigenvalue weighted by atomic mass is 10.1. The molecule has 2 aromatic rings. The summed E-state index contributed by atoms with van der Waals surface area (Å²) in [5.41, 5.74) is 1.46. The van der Waals surface area contributed by atoms with Crippen LogP contribution in [0.5, 0.6) is 5.75 Å². The van der Waals surface area contributed by atoms with Crippen molar-refractivity contribution in [3.05, 3.63) is 59.7 Å². The Morgan fingerprint density at radius 1 is 1.00 bits per heavy atom. The molecule has 0 unspecified atom stereocenters. The molecule has 5 heteroatoms. The summed E-state index contributed by atoms with van der Waals surface area (Å²) in [6.45, 7) is 0. The van der Waals surface area contributed by atoms with Crippen LogP contribution in [0.1, 0.15) is 22.3 Å². The van der Waals surface area contributed by atoms with Crippen molar-refractivity contribution in [3.63, 3.8) is 0 Å². The van der Waals surface area contributed by atoms with Gasteiger partial charge >= 0.3 is 5.97 Å². The Morgan fingerprint density at radius 3 is 2.38 bits per heavy atom. The highest BCUT2D eigenvalue weighted by Gasteiger charge is 2.12. The molecule has 0 spiro atoms. The molecule has 21 heavy (non-hydrogen) atoms. The molecule has 0 aliphatic heterocycles. The summed E-state index contributed by atoms with van der Waals surface area (Å²) in [7, 11) is 0. The summed E-state index contributed by atoms with van der Waals surface area (Å²) in [6, 6.07) is 13.3. The van der Waals surface area contributed by atoms with Crippen LogP contribution in [0, 0.1) is 0 Å². The third-order valence-electron chi connectivity index (χ3n) is 3.02. The Morgan fingerprint density at radius 2 is 1.67 bits per heavy atom. The van der Waals surface area contributed by atoms with Gasteiger partial charge in [0.05, 0.1) is 5.56 Å². The number of carbonyl (C=O) groups excluding carboxylic acids is 1. The topological polar surface area (TPSA) is 86.6 Å². The zero-order valence-corrected chi connectivity index (χ0v) is 11.2. The molecule has 0 aliphatic rings. The molecule has 0 aromatic heterocycles. The number of nitrogens with one attached hydrogen (secondary N) is 1. The number of carboxylic acid groups (broad SMARTS) is 1. The summed E-state index contributed by atoms with van der Waals surface area (Å²) < 4.78 is 0. The van der Waals surface area contributed by atoms with Crippen LogP contribution in [-0.4, -0.2) is 22.1 Å². The second-order valence-electron chi connectivity index (χ2n) is 4.52. The molecule has 0 heterocycles. The van der Waals surface area contributed by atoms with E-state index in [9.17, 15) is 14.7 Å². The van der Waals surface area contributed by atoms with E-state index in [1.807, 2.05) is 0 Å². The van der Waals surface area contributed by atoms with Gasteiger partial charge in [0.2, 0.25) is 0 Å². The lowest BCUT2D eigenvalue weighted by Crippen LogP contribution is -2.13. The monoisotopic (exact) mass is 285 g/mol. The van der Waals surface area contributed by atoms with Crippen LogP contribution in [0.2, 0.25) is 0 Å². The van der Waals surface area contributed by atoms with Gasteiger partial charge in [-0.2, -0.15) is 0 Å². The second kappa shape index (κ2) is 6.56. The first-order valence-corrected chi connectivity index (χ1v) is 6.47. The SMILES string of the molecule is O=C(O)CCc1ccccc1NC(=O)c1ccccc1O. The van der Waals surface area contributed by atoms with Gasteiger partial charge in [-0.15, -0.1) is 0 Å². The summed E-state index contributed by atoms with van der Waals surface area (Å²) >= 11 is 0. The number of carbonyl (C=O) groups is 2. The van der Waals surface area contributed by atoms with Crippen molar-refractivity contribution in [2.24, 2.45) is 0 Å². The Bertz CT molecular complexity index is 667. The lowest BCUT2D eigenvalue weighted by Gasteiger charge is -2.11. The summed E-state index contributed by atoms with van der Waals surface area (Å²) in [4.78, 5) is 22.8. The second-order valence-corrected chi connectivity index (χ2v) is 4.52. The fourth-order valence-electron chi connectivity index (χ4n) is 1.96. The van der Waals surface area contributed by atoms with Gasteiger partial charge in [-0.25, -0.2) is 0 Å². The van der Waals surface area contributed by atoms with Gasteiger partial charge < -0.3 is 15.5 Å². The molecule has 1 amide bonds. The molecule has 5 nitrogen and oxygen atoms in total. The van der Waals surface area contributed by atoms with Gasteiger partial charge in [0.15, 0.2) is 0 Å². The number of carboxylic acids is 1. The van der Waals surface area contributed by atoms with Gasteiger partial charge in [0.1, 0.15) is 5.75 Å². The van der Waals surface area contributed by atoms with Crippen LogP contribution >= 0.6 is 0 Å². The third kappa shape index (κ3) is 3.82. The molecule has 0 bridgehead atoms. The zero-order valence-electron chi connectivity index (χ0n) is 11.2. The van der Waals surface area contributed by atoms with Gasteiger partial charge in [-0.1, -0.05) is 30.3 Å². The number of aryl methyl sites for hydroxylation is 1. The summed E-state index contributed by atoms with van der Waals surface area (Å²) in [5, 5.41) is 21.1. The molecule has 2 rings (SSSR count). The largest absolute Gasteiger partial charge is 0.507 e. The van der Waals surface area contributed by atoms with E-state index in [-0.39, 0.29) is 17.7 Å². The summed E-state index contributed by atoms with van der Waals surface area (Å²) in [5.74, 6) is -1.43. The Kier molecular flexibility index (Phi) is 4.56. The van der Waals surface area contributed by atoms with Gasteiger partial charge in [-0.05, 0) is 30.2 Å². The van der Waals surface area contributed by atoms with Crippen molar-refractivity contribution in [1.82, 2.24) is 0 Å². The predicted molar refractivity (Wildman–Crippen MR) is 78.5 cm³/mol. The van der Waals surface area contributed by atoms with E-state index in [0.717, 1.165) is 5.56 Å². The van der Waals surface area contributed by atoms with Crippen LogP contribution in [0.3, 0.4) is 0 Å². The minimum Gasteiger partial charge on any atom is -0.507 e. The minimum atomic E-state index is -0.892. The van der Waals surface area contributed by atoms with Crippen LogP contribution in [0.15, 0.2) is 48.5 Å². The maximum atomic E-state index is 12.1. The first-order chi connectivity index (χ1) is 10.1. The van der Waals surface area contributed by atoms with Crippen LogP contribution in [0.25, 0.3) is 0 Å². The van der Waals surface area contributed by atoms with E-state index in [2.05, 4.69) is 5.32 Å². The average molecular weight is 285 g/mol. The van der Waals surface area contributed by atoms with E-state index in [1.54, 1.807) is 36.4 Å². The lowest BCUT2D eigenvalue weighted by molar-refractivity contribution is -0.136. The molecule has 0 saturated carbocycles. The average Bonchev–Trinajstić information content (AvgIpc) is 2.46. The number of anilines is 1. The number of hydrogen-bond donors (Lipinski definition) is 3. The third-order valence-corrected chi connectivity index (χ3v) is 3.02. The number of hydrogen-bond acceptors (Lipinski definition) is 3.